The van der Waals surface area contributed by atoms with Gasteiger partial charge in [0.1, 0.15) is 18.2 Å². The Morgan fingerprint density at radius 3 is 2.74 bits per heavy atom. The Kier molecular flexibility index (Phi) is 6.22. The second kappa shape index (κ2) is 9.64. The molecule has 0 bridgehead atoms. The Balaban J connectivity index is 1.35. The number of ether oxygens (including phenoxy) is 2. The molecule has 0 amide bonds. The standard InChI is InChI=1S/C27H30ClN5O2/c1-32-14-4-7-19(32)17-34-27-30-25(33-15-12-29-13-16-33)21-10-11-23(35-26(21)31-27)20-8-2-5-18-6-3-9-22(28)24(18)20/h2-3,5-6,8-9,11,19,29H,4,7,10,12-17H2,1H3/t19-/m0/s1. The van der Waals surface area contributed by atoms with Gasteiger partial charge in [-0.1, -0.05) is 41.9 Å². The summed E-state index contributed by atoms with van der Waals surface area (Å²) in [5, 5.41) is 6.20. The smallest absolute Gasteiger partial charge is 0.321 e. The molecule has 6 rings (SSSR count). The molecular weight excluding hydrogens is 462 g/mol. The minimum Gasteiger partial charge on any atom is -0.462 e. The monoisotopic (exact) mass is 491 g/mol. The van der Waals surface area contributed by atoms with Gasteiger partial charge in [0.15, 0.2) is 0 Å². The van der Waals surface area contributed by atoms with Crippen molar-refractivity contribution in [2.24, 2.45) is 0 Å². The molecule has 0 spiro atoms. The van der Waals surface area contributed by atoms with Crippen LogP contribution in [0.5, 0.6) is 11.9 Å². The van der Waals surface area contributed by atoms with E-state index in [9.17, 15) is 0 Å². The molecule has 1 aromatic heterocycles. The van der Waals surface area contributed by atoms with Gasteiger partial charge < -0.3 is 24.6 Å². The van der Waals surface area contributed by atoms with Crippen LogP contribution in [0, 0.1) is 0 Å². The highest BCUT2D eigenvalue weighted by Crippen LogP contribution is 2.39. The fourth-order valence-corrected chi connectivity index (χ4v) is 5.55. The number of nitrogens with zero attached hydrogens (tertiary/aromatic N) is 4. The summed E-state index contributed by atoms with van der Waals surface area (Å²) in [6.07, 6.45) is 5.14. The van der Waals surface area contributed by atoms with Crippen LogP contribution in [-0.2, 0) is 6.42 Å². The van der Waals surface area contributed by atoms with Crippen LogP contribution in [0.3, 0.4) is 0 Å². The van der Waals surface area contributed by atoms with Crippen LogP contribution in [0.1, 0.15) is 24.0 Å². The van der Waals surface area contributed by atoms with Crippen LogP contribution < -0.4 is 19.7 Å². The fourth-order valence-electron chi connectivity index (χ4n) is 5.27. The molecule has 35 heavy (non-hydrogen) atoms. The average Bonchev–Trinajstić information content (AvgIpc) is 3.31. The van der Waals surface area contributed by atoms with Gasteiger partial charge in [-0.25, -0.2) is 0 Å². The number of aromatic nitrogens is 2. The van der Waals surface area contributed by atoms with Crippen molar-refractivity contribution in [3.8, 4) is 11.9 Å². The lowest BCUT2D eigenvalue weighted by Crippen LogP contribution is -2.44. The third-order valence-corrected chi connectivity index (χ3v) is 7.55. The Morgan fingerprint density at radius 1 is 1.11 bits per heavy atom. The van der Waals surface area contributed by atoms with E-state index in [1.165, 1.54) is 6.42 Å². The normalized spacial score (nSPS) is 20.5. The molecule has 182 valence electrons. The lowest BCUT2D eigenvalue weighted by atomic mass is 10.0. The first-order chi connectivity index (χ1) is 17.2. The molecular formula is C27H30ClN5O2. The van der Waals surface area contributed by atoms with Crippen LogP contribution >= 0.6 is 11.6 Å². The highest BCUT2D eigenvalue weighted by Gasteiger charge is 2.28. The number of anilines is 1. The first kappa shape index (κ1) is 22.6. The summed E-state index contributed by atoms with van der Waals surface area (Å²) in [6, 6.07) is 12.9. The van der Waals surface area contributed by atoms with Crippen LogP contribution in [0.4, 0.5) is 5.82 Å². The number of hydrogen-bond acceptors (Lipinski definition) is 7. The zero-order chi connectivity index (χ0) is 23.8. The lowest BCUT2D eigenvalue weighted by Gasteiger charge is -2.31. The molecule has 0 saturated carbocycles. The number of nitrogens with one attached hydrogen (secondary N) is 1. The topological polar surface area (TPSA) is 62.8 Å². The molecule has 0 unspecified atom stereocenters. The molecule has 2 fully saturated rings. The van der Waals surface area contributed by atoms with E-state index in [4.69, 9.17) is 31.0 Å². The van der Waals surface area contributed by atoms with Gasteiger partial charge in [-0.05, 0) is 44.0 Å². The van der Waals surface area contributed by atoms with E-state index in [1.807, 2.05) is 18.2 Å². The molecule has 0 aliphatic carbocycles. The third-order valence-electron chi connectivity index (χ3n) is 7.24. The van der Waals surface area contributed by atoms with Crippen LogP contribution in [0.2, 0.25) is 5.02 Å². The largest absolute Gasteiger partial charge is 0.462 e. The van der Waals surface area contributed by atoms with Crippen molar-refractivity contribution in [2.45, 2.75) is 25.3 Å². The van der Waals surface area contributed by atoms with Gasteiger partial charge in [-0.2, -0.15) is 9.97 Å². The Hall–Kier alpha value is -2.87. The van der Waals surface area contributed by atoms with Gasteiger partial charge in [0.05, 0.1) is 5.56 Å². The van der Waals surface area contributed by atoms with E-state index in [2.05, 4.69) is 46.4 Å². The molecule has 7 nitrogen and oxygen atoms in total. The quantitative estimate of drug-likeness (QED) is 0.575. The zero-order valence-electron chi connectivity index (χ0n) is 20.0. The van der Waals surface area contributed by atoms with Crippen molar-refractivity contribution >= 4 is 34.0 Å². The number of likely N-dealkylation sites (tertiary alicyclic amines) is 1. The van der Waals surface area contributed by atoms with E-state index in [0.29, 0.717) is 36.0 Å². The highest BCUT2D eigenvalue weighted by atomic mass is 35.5. The predicted octanol–water partition coefficient (Wildman–Crippen LogP) is 4.14. The second-order valence-electron chi connectivity index (χ2n) is 9.46. The van der Waals surface area contributed by atoms with Gasteiger partial charge >= 0.3 is 6.01 Å². The minimum absolute atomic E-state index is 0.384. The summed E-state index contributed by atoms with van der Waals surface area (Å²) < 4.78 is 12.6. The fraction of sp³-hybridized carbons (Fsp3) is 0.407. The molecule has 4 heterocycles. The second-order valence-corrected chi connectivity index (χ2v) is 9.86. The molecule has 1 atom stereocenters. The van der Waals surface area contributed by atoms with E-state index in [0.717, 1.165) is 72.6 Å². The summed E-state index contributed by atoms with van der Waals surface area (Å²) in [6.45, 7) is 5.33. The van der Waals surface area contributed by atoms with Gasteiger partial charge in [0, 0.05) is 54.6 Å². The first-order valence-electron chi connectivity index (χ1n) is 12.4. The van der Waals surface area contributed by atoms with E-state index >= 15 is 0 Å². The highest BCUT2D eigenvalue weighted by molar-refractivity contribution is 6.36. The Morgan fingerprint density at radius 2 is 1.94 bits per heavy atom. The van der Waals surface area contributed by atoms with Crippen LogP contribution in [-0.4, -0.2) is 67.3 Å². The molecule has 8 heteroatoms. The molecule has 2 aromatic carbocycles. The maximum atomic E-state index is 6.60. The number of allylic oxidation sites excluding steroid dienone is 1. The molecule has 3 aliphatic heterocycles. The number of benzene rings is 2. The van der Waals surface area contributed by atoms with Gasteiger partial charge in [0.2, 0.25) is 5.88 Å². The maximum absolute atomic E-state index is 6.60. The molecule has 3 aromatic rings. The van der Waals surface area contributed by atoms with Crippen molar-refractivity contribution in [2.75, 3.05) is 51.3 Å². The summed E-state index contributed by atoms with van der Waals surface area (Å²) in [7, 11) is 2.15. The molecule has 3 aliphatic rings. The van der Waals surface area contributed by atoms with Gasteiger partial charge in [-0.15, -0.1) is 0 Å². The molecule has 0 radical (unpaired) electrons. The van der Waals surface area contributed by atoms with Crippen molar-refractivity contribution < 1.29 is 9.47 Å². The lowest BCUT2D eigenvalue weighted by molar-refractivity contribution is 0.186. The number of likely N-dealkylation sites (N-methyl/N-ethyl adjacent to an activating group) is 1. The third kappa shape index (κ3) is 4.44. The zero-order valence-corrected chi connectivity index (χ0v) is 20.7. The van der Waals surface area contributed by atoms with Crippen LogP contribution in [0.15, 0.2) is 42.5 Å². The van der Waals surface area contributed by atoms with E-state index in [-0.39, 0.29) is 0 Å². The number of hydrogen-bond donors (Lipinski definition) is 1. The van der Waals surface area contributed by atoms with Gasteiger partial charge in [0.25, 0.3) is 0 Å². The summed E-state index contributed by atoms with van der Waals surface area (Å²) in [4.78, 5) is 14.3. The molecule has 2 saturated heterocycles. The molecule has 1 N–H and O–H groups in total. The summed E-state index contributed by atoms with van der Waals surface area (Å²) in [5.74, 6) is 2.25. The van der Waals surface area contributed by atoms with Crippen LogP contribution in [0.25, 0.3) is 16.5 Å². The minimum atomic E-state index is 0.384. The van der Waals surface area contributed by atoms with Gasteiger partial charge in [-0.3, -0.25) is 0 Å². The Labute approximate surface area is 210 Å². The number of halogens is 1. The Bertz CT molecular complexity index is 1270. The SMILES string of the molecule is CN1CCC[C@H]1COc1nc2c(c(N3CCNCC3)n1)CC=C(c1cccc3cccc(Cl)c13)O2. The number of rotatable bonds is 5. The predicted molar refractivity (Wildman–Crippen MR) is 140 cm³/mol. The number of fused-ring (bicyclic) bond motifs is 2. The summed E-state index contributed by atoms with van der Waals surface area (Å²) in [5.41, 5.74) is 1.98. The first-order valence-corrected chi connectivity index (χ1v) is 12.8. The number of piperazine rings is 1. The van der Waals surface area contributed by atoms with Crippen molar-refractivity contribution in [3.63, 3.8) is 0 Å². The van der Waals surface area contributed by atoms with E-state index in [1.54, 1.807) is 0 Å². The van der Waals surface area contributed by atoms with E-state index < -0.39 is 0 Å². The summed E-state index contributed by atoms with van der Waals surface area (Å²) >= 11 is 6.60. The average molecular weight is 492 g/mol. The van der Waals surface area contributed by atoms with Crippen molar-refractivity contribution in [1.82, 2.24) is 20.2 Å². The van der Waals surface area contributed by atoms with Crippen molar-refractivity contribution in [1.29, 1.82) is 0 Å². The maximum Gasteiger partial charge on any atom is 0.321 e. The van der Waals surface area contributed by atoms with Crippen molar-refractivity contribution in [3.05, 3.63) is 58.6 Å².